The number of hydrogen-bond donors (Lipinski definition) is 2. The first kappa shape index (κ1) is 13.4. The molecular formula is C15H29NO. The molecule has 2 rings (SSSR count). The number of aliphatic hydroxyl groups excluding tert-OH is 1. The van der Waals surface area contributed by atoms with Crippen LogP contribution in [0.4, 0.5) is 0 Å². The van der Waals surface area contributed by atoms with Crippen molar-refractivity contribution in [1.82, 2.24) is 5.32 Å². The molecule has 2 N–H and O–H groups in total. The number of rotatable bonds is 5. The van der Waals surface area contributed by atoms with E-state index in [1.165, 1.54) is 51.4 Å². The van der Waals surface area contributed by atoms with Crippen molar-refractivity contribution in [1.29, 1.82) is 0 Å². The molecule has 2 fully saturated rings. The van der Waals surface area contributed by atoms with Gasteiger partial charge in [-0.15, -0.1) is 0 Å². The second-order valence-corrected chi connectivity index (χ2v) is 6.22. The minimum absolute atomic E-state index is 0.00541. The summed E-state index contributed by atoms with van der Waals surface area (Å²) < 4.78 is 0. The summed E-state index contributed by atoms with van der Waals surface area (Å²) in [5, 5.41) is 13.6. The normalized spacial score (nSPS) is 38.5. The van der Waals surface area contributed by atoms with E-state index in [0.717, 1.165) is 24.9 Å². The van der Waals surface area contributed by atoms with Crippen molar-refractivity contribution in [2.75, 3.05) is 6.54 Å². The Morgan fingerprint density at radius 3 is 2.59 bits per heavy atom. The molecule has 0 saturated heterocycles. The molecule has 0 amide bonds. The highest BCUT2D eigenvalue weighted by molar-refractivity contribution is 4.80. The van der Waals surface area contributed by atoms with Crippen LogP contribution in [0.5, 0.6) is 0 Å². The Bertz CT molecular complexity index is 219. The van der Waals surface area contributed by atoms with Crippen molar-refractivity contribution < 1.29 is 5.11 Å². The van der Waals surface area contributed by atoms with Crippen LogP contribution >= 0.6 is 0 Å². The lowest BCUT2D eigenvalue weighted by atomic mass is 9.83. The van der Waals surface area contributed by atoms with Gasteiger partial charge in [-0.2, -0.15) is 0 Å². The fourth-order valence-corrected chi connectivity index (χ4v) is 3.63. The molecule has 2 saturated carbocycles. The SMILES string of the molecule is CC1CCCC1NCCCC1CCCCC1O. The Morgan fingerprint density at radius 2 is 1.88 bits per heavy atom. The van der Waals surface area contributed by atoms with Gasteiger partial charge in [0.1, 0.15) is 0 Å². The fourth-order valence-electron chi connectivity index (χ4n) is 3.63. The predicted octanol–water partition coefficient (Wildman–Crippen LogP) is 3.10. The summed E-state index contributed by atoms with van der Waals surface area (Å²) in [6.07, 6.45) is 11.5. The van der Waals surface area contributed by atoms with E-state index in [2.05, 4.69) is 12.2 Å². The Balaban J connectivity index is 1.56. The molecule has 0 heterocycles. The third-order valence-electron chi connectivity index (χ3n) is 4.89. The quantitative estimate of drug-likeness (QED) is 0.723. The van der Waals surface area contributed by atoms with Gasteiger partial charge in [0.2, 0.25) is 0 Å². The lowest BCUT2D eigenvalue weighted by Gasteiger charge is -2.27. The first-order valence-electron chi connectivity index (χ1n) is 7.69. The maximum atomic E-state index is 9.90. The van der Waals surface area contributed by atoms with Gasteiger partial charge in [-0.25, -0.2) is 0 Å². The summed E-state index contributed by atoms with van der Waals surface area (Å²) in [7, 11) is 0. The van der Waals surface area contributed by atoms with E-state index in [-0.39, 0.29) is 6.10 Å². The van der Waals surface area contributed by atoms with E-state index < -0.39 is 0 Å². The van der Waals surface area contributed by atoms with Crippen LogP contribution in [-0.4, -0.2) is 23.8 Å². The van der Waals surface area contributed by atoms with Crippen LogP contribution in [0, 0.1) is 11.8 Å². The van der Waals surface area contributed by atoms with Gasteiger partial charge in [-0.1, -0.05) is 26.2 Å². The molecule has 4 unspecified atom stereocenters. The average Bonchev–Trinajstić information content (AvgIpc) is 2.73. The predicted molar refractivity (Wildman–Crippen MR) is 72.0 cm³/mol. The van der Waals surface area contributed by atoms with Crippen molar-refractivity contribution in [2.45, 2.75) is 76.9 Å². The summed E-state index contributed by atoms with van der Waals surface area (Å²) in [5.41, 5.74) is 0. The first-order valence-corrected chi connectivity index (χ1v) is 7.69. The van der Waals surface area contributed by atoms with Gasteiger partial charge < -0.3 is 10.4 Å². The molecule has 0 radical (unpaired) electrons. The summed E-state index contributed by atoms with van der Waals surface area (Å²) >= 11 is 0. The van der Waals surface area contributed by atoms with Crippen molar-refractivity contribution in [3.63, 3.8) is 0 Å². The van der Waals surface area contributed by atoms with Gasteiger partial charge >= 0.3 is 0 Å². The molecule has 0 bridgehead atoms. The Morgan fingerprint density at radius 1 is 1.06 bits per heavy atom. The van der Waals surface area contributed by atoms with Crippen molar-refractivity contribution in [3.8, 4) is 0 Å². The summed E-state index contributed by atoms with van der Waals surface area (Å²) in [5.74, 6) is 1.46. The zero-order valence-electron chi connectivity index (χ0n) is 11.3. The van der Waals surface area contributed by atoms with Crippen molar-refractivity contribution in [2.24, 2.45) is 11.8 Å². The van der Waals surface area contributed by atoms with Crippen LogP contribution in [0.2, 0.25) is 0 Å². The second-order valence-electron chi connectivity index (χ2n) is 6.22. The smallest absolute Gasteiger partial charge is 0.0568 e. The topological polar surface area (TPSA) is 32.3 Å². The average molecular weight is 239 g/mol. The van der Waals surface area contributed by atoms with Crippen LogP contribution in [0.15, 0.2) is 0 Å². The highest BCUT2D eigenvalue weighted by Gasteiger charge is 2.24. The van der Waals surface area contributed by atoms with Crippen LogP contribution < -0.4 is 5.32 Å². The van der Waals surface area contributed by atoms with Crippen LogP contribution in [0.1, 0.15) is 64.7 Å². The molecule has 2 heteroatoms. The monoisotopic (exact) mass is 239 g/mol. The number of nitrogens with one attached hydrogen (secondary N) is 1. The molecule has 0 aromatic rings. The highest BCUT2D eigenvalue weighted by Crippen LogP contribution is 2.28. The molecule has 0 aromatic carbocycles. The minimum Gasteiger partial charge on any atom is -0.393 e. The molecule has 2 aliphatic rings. The molecule has 0 aromatic heterocycles. The maximum absolute atomic E-state index is 9.90. The first-order chi connectivity index (χ1) is 8.27. The van der Waals surface area contributed by atoms with Crippen LogP contribution in [-0.2, 0) is 0 Å². The Hall–Kier alpha value is -0.0800. The van der Waals surface area contributed by atoms with Crippen molar-refractivity contribution in [3.05, 3.63) is 0 Å². The molecule has 2 nitrogen and oxygen atoms in total. The standard InChI is InChI=1S/C15H29NO/c1-12-6-4-9-14(12)16-11-5-8-13-7-2-3-10-15(13)17/h12-17H,2-11H2,1H3. The zero-order chi connectivity index (χ0) is 12.1. The number of aliphatic hydroxyl groups is 1. The molecule has 2 aliphatic carbocycles. The van der Waals surface area contributed by atoms with Crippen LogP contribution in [0.3, 0.4) is 0 Å². The summed E-state index contributed by atoms with van der Waals surface area (Å²) in [6.45, 7) is 3.52. The second kappa shape index (κ2) is 6.75. The lowest BCUT2D eigenvalue weighted by Crippen LogP contribution is -2.32. The lowest BCUT2D eigenvalue weighted by molar-refractivity contribution is 0.0641. The summed E-state index contributed by atoms with van der Waals surface area (Å²) in [6, 6.07) is 0.770. The Kier molecular flexibility index (Phi) is 5.30. The third kappa shape index (κ3) is 3.96. The molecule has 0 spiro atoms. The largest absolute Gasteiger partial charge is 0.393 e. The van der Waals surface area contributed by atoms with Crippen molar-refractivity contribution >= 4 is 0 Å². The zero-order valence-corrected chi connectivity index (χ0v) is 11.3. The van der Waals surface area contributed by atoms with E-state index in [4.69, 9.17) is 0 Å². The molecule has 100 valence electrons. The van der Waals surface area contributed by atoms with Gasteiger partial charge in [0, 0.05) is 6.04 Å². The van der Waals surface area contributed by atoms with Crippen LogP contribution in [0.25, 0.3) is 0 Å². The van der Waals surface area contributed by atoms with E-state index >= 15 is 0 Å². The highest BCUT2D eigenvalue weighted by atomic mass is 16.3. The van der Waals surface area contributed by atoms with Gasteiger partial charge in [-0.3, -0.25) is 0 Å². The third-order valence-corrected chi connectivity index (χ3v) is 4.89. The summed E-state index contributed by atoms with van der Waals surface area (Å²) in [4.78, 5) is 0. The fraction of sp³-hybridized carbons (Fsp3) is 1.00. The molecular weight excluding hydrogens is 210 g/mol. The maximum Gasteiger partial charge on any atom is 0.0568 e. The van der Waals surface area contributed by atoms with Gasteiger partial charge in [0.05, 0.1) is 6.10 Å². The molecule has 4 atom stereocenters. The van der Waals surface area contributed by atoms with E-state index in [9.17, 15) is 5.11 Å². The van der Waals surface area contributed by atoms with E-state index in [0.29, 0.717) is 5.92 Å². The number of hydrogen-bond acceptors (Lipinski definition) is 2. The Labute approximate surface area is 106 Å². The molecule has 0 aliphatic heterocycles. The van der Waals surface area contributed by atoms with E-state index in [1.54, 1.807) is 0 Å². The minimum atomic E-state index is -0.00541. The van der Waals surface area contributed by atoms with Gasteiger partial charge in [0.15, 0.2) is 0 Å². The molecule has 17 heavy (non-hydrogen) atoms. The van der Waals surface area contributed by atoms with Gasteiger partial charge in [0.25, 0.3) is 0 Å². The van der Waals surface area contributed by atoms with E-state index in [1.807, 2.05) is 0 Å². The van der Waals surface area contributed by atoms with Gasteiger partial charge in [-0.05, 0) is 56.9 Å².